The molecule has 1 aliphatic heterocycles. The van der Waals surface area contributed by atoms with Gasteiger partial charge in [-0.15, -0.1) is 0 Å². The number of nitrogens with two attached hydrogens (primary N) is 1. The first-order valence-electron chi connectivity index (χ1n) is 7.14. The Balaban J connectivity index is 1.97. The second-order valence-corrected chi connectivity index (χ2v) is 5.29. The summed E-state index contributed by atoms with van der Waals surface area (Å²) in [4.78, 5) is 4.75. The zero-order valence-corrected chi connectivity index (χ0v) is 11.8. The molecule has 4 heteroatoms. The van der Waals surface area contributed by atoms with Crippen LogP contribution in [0.15, 0.2) is 24.3 Å². The molecule has 19 heavy (non-hydrogen) atoms. The number of rotatable bonds is 4. The molecule has 1 fully saturated rings. The van der Waals surface area contributed by atoms with Gasteiger partial charge in [-0.3, -0.25) is 4.90 Å². The second-order valence-electron chi connectivity index (χ2n) is 5.29. The Labute approximate surface area is 115 Å². The molecule has 1 aromatic rings. The minimum atomic E-state index is 0.0956. The molecule has 0 aliphatic carbocycles. The van der Waals surface area contributed by atoms with E-state index in [9.17, 15) is 0 Å². The predicted molar refractivity (Wildman–Crippen MR) is 79.4 cm³/mol. The Kier molecular flexibility index (Phi) is 5.19. The van der Waals surface area contributed by atoms with Crippen LogP contribution in [0.1, 0.15) is 24.9 Å². The number of aliphatic hydroxyl groups is 1. The smallest absolute Gasteiger partial charge is 0.0558 e. The summed E-state index contributed by atoms with van der Waals surface area (Å²) >= 11 is 0. The summed E-state index contributed by atoms with van der Waals surface area (Å²) < 4.78 is 0. The summed E-state index contributed by atoms with van der Waals surface area (Å²) in [7, 11) is 0. The standard InChI is InChI=1S/C15H25N3O/c1-13(16)14-3-5-15(6-4-14)18-8-2-7-17(9-10-18)11-12-19/h3-6,13,19H,2,7-12,16H2,1H3/t13-/m0/s1. The number of benzene rings is 1. The molecule has 0 aromatic heterocycles. The third kappa shape index (κ3) is 3.93. The number of aliphatic hydroxyl groups excluding tert-OH is 1. The molecule has 3 N–H and O–H groups in total. The average Bonchev–Trinajstić information content (AvgIpc) is 2.65. The lowest BCUT2D eigenvalue weighted by Crippen LogP contribution is -2.32. The van der Waals surface area contributed by atoms with Crippen LogP contribution < -0.4 is 10.6 Å². The van der Waals surface area contributed by atoms with Crippen LogP contribution in [-0.4, -0.2) is 49.3 Å². The first-order chi connectivity index (χ1) is 9.20. The number of hydrogen-bond acceptors (Lipinski definition) is 4. The van der Waals surface area contributed by atoms with Crippen LogP contribution in [0.5, 0.6) is 0 Å². The van der Waals surface area contributed by atoms with Gasteiger partial charge in [-0.2, -0.15) is 0 Å². The van der Waals surface area contributed by atoms with E-state index >= 15 is 0 Å². The van der Waals surface area contributed by atoms with Crippen molar-refractivity contribution in [3.05, 3.63) is 29.8 Å². The molecule has 1 aliphatic rings. The molecular formula is C15H25N3O. The number of hydrogen-bond donors (Lipinski definition) is 2. The number of β-amino-alcohol motifs (C(OH)–C–C–N with tert-alkyl or cyclic N) is 1. The number of anilines is 1. The maximum Gasteiger partial charge on any atom is 0.0558 e. The lowest BCUT2D eigenvalue weighted by molar-refractivity contribution is 0.204. The van der Waals surface area contributed by atoms with Crippen molar-refractivity contribution in [2.24, 2.45) is 5.73 Å². The van der Waals surface area contributed by atoms with Gasteiger partial charge in [-0.05, 0) is 37.6 Å². The zero-order valence-electron chi connectivity index (χ0n) is 11.8. The van der Waals surface area contributed by atoms with Crippen LogP contribution in [-0.2, 0) is 0 Å². The minimum absolute atomic E-state index is 0.0956. The van der Waals surface area contributed by atoms with E-state index in [-0.39, 0.29) is 12.6 Å². The quantitative estimate of drug-likeness (QED) is 0.857. The van der Waals surface area contributed by atoms with E-state index in [4.69, 9.17) is 10.8 Å². The van der Waals surface area contributed by atoms with Crippen molar-refractivity contribution in [1.29, 1.82) is 0 Å². The summed E-state index contributed by atoms with van der Waals surface area (Å²) in [6.45, 7) is 7.26. The van der Waals surface area contributed by atoms with Crippen molar-refractivity contribution >= 4 is 5.69 Å². The van der Waals surface area contributed by atoms with Crippen LogP contribution in [0.25, 0.3) is 0 Å². The normalized spacial score (nSPS) is 19.2. The van der Waals surface area contributed by atoms with E-state index < -0.39 is 0 Å². The lowest BCUT2D eigenvalue weighted by Gasteiger charge is -2.24. The molecule has 0 spiro atoms. The molecule has 1 heterocycles. The Hall–Kier alpha value is -1.10. The SMILES string of the molecule is C[C@H](N)c1ccc(N2CCCN(CCO)CC2)cc1. The number of nitrogens with zero attached hydrogens (tertiary/aromatic N) is 2. The Morgan fingerprint density at radius 1 is 1.16 bits per heavy atom. The summed E-state index contributed by atoms with van der Waals surface area (Å²) in [6.07, 6.45) is 1.15. The van der Waals surface area contributed by atoms with Crippen molar-refractivity contribution < 1.29 is 5.11 Å². The van der Waals surface area contributed by atoms with E-state index in [2.05, 4.69) is 34.1 Å². The fourth-order valence-corrected chi connectivity index (χ4v) is 2.58. The Bertz CT molecular complexity index is 377. The summed E-state index contributed by atoms with van der Waals surface area (Å²) in [6, 6.07) is 8.67. The van der Waals surface area contributed by atoms with Gasteiger partial charge in [0.05, 0.1) is 6.61 Å². The van der Waals surface area contributed by atoms with Gasteiger partial charge in [0.15, 0.2) is 0 Å². The van der Waals surface area contributed by atoms with Gasteiger partial charge in [0.1, 0.15) is 0 Å². The molecule has 0 radical (unpaired) electrons. The Morgan fingerprint density at radius 2 is 1.89 bits per heavy atom. The fraction of sp³-hybridized carbons (Fsp3) is 0.600. The van der Waals surface area contributed by atoms with Crippen LogP contribution in [0.3, 0.4) is 0 Å². The molecule has 1 saturated heterocycles. The van der Waals surface area contributed by atoms with Gasteiger partial charge in [0.25, 0.3) is 0 Å². The third-order valence-electron chi connectivity index (χ3n) is 3.79. The van der Waals surface area contributed by atoms with Crippen LogP contribution in [0.2, 0.25) is 0 Å². The van der Waals surface area contributed by atoms with Gasteiger partial charge in [0.2, 0.25) is 0 Å². The first-order valence-corrected chi connectivity index (χ1v) is 7.14. The predicted octanol–water partition coefficient (Wildman–Crippen LogP) is 1.21. The highest BCUT2D eigenvalue weighted by molar-refractivity contribution is 5.48. The van der Waals surface area contributed by atoms with Gasteiger partial charge < -0.3 is 15.7 Å². The van der Waals surface area contributed by atoms with Crippen molar-refractivity contribution in [2.75, 3.05) is 44.2 Å². The van der Waals surface area contributed by atoms with E-state index in [1.807, 2.05) is 6.92 Å². The molecule has 0 saturated carbocycles. The molecule has 0 unspecified atom stereocenters. The van der Waals surface area contributed by atoms with Gasteiger partial charge in [-0.25, -0.2) is 0 Å². The first kappa shape index (κ1) is 14.3. The van der Waals surface area contributed by atoms with E-state index in [1.54, 1.807) is 0 Å². The highest BCUT2D eigenvalue weighted by atomic mass is 16.3. The molecule has 1 aromatic carbocycles. The van der Waals surface area contributed by atoms with Crippen molar-refractivity contribution in [1.82, 2.24) is 4.90 Å². The summed E-state index contributed by atoms with van der Waals surface area (Å²) in [5.41, 5.74) is 8.33. The minimum Gasteiger partial charge on any atom is -0.395 e. The fourth-order valence-electron chi connectivity index (χ4n) is 2.58. The van der Waals surface area contributed by atoms with Gasteiger partial charge in [0, 0.05) is 37.9 Å². The van der Waals surface area contributed by atoms with Crippen molar-refractivity contribution in [3.63, 3.8) is 0 Å². The maximum atomic E-state index is 9.01. The van der Waals surface area contributed by atoms with Gasteiger partial charge in [-0.1, -0.05) is 12.1 Å². The second kappa shape index (κ2) is 6.89. The Morgan fingerprint density at radius 3 is 2.53 bits per heavy atom. The average molecular weight is 263 g/mol. The zero-order chi connectivity index (χ0) is 13.7. The molecule has 2 rings (SSSR count). The van der Waals surface area contributed by atoms with Crippen molar-refractivity contribution in [3.8, 4) is 0 Å². The lowest BCUT2D eigenvalue weighted by atomic mass is 10.1. The summed E-state index contributed by atoms with van der Waals surface area (Å²) in [5.74, 6) is 0. The van der Waals surface area contributed by atoms with Crippen LogP contribution >= 0.6 is 0 Å². The van der Waals surface area contributed by atoms with Crippen LogP contribution in [0.4, 0.5) is 5.69 Å². The maximum absolute atomic E-state index is 9.01. The molecule has 0 bridgehead atoms. The largest absolute Gasteiger partial charge is 0.395 e. The van der Waals surface area contributed by atoms with Crippen molar-refractivity contribution in [2.45, 2.75) is 19.4 Å². The highest BCUT2D eigenvalue weighted by Crippen LogP contribution is 2.19. The van der Waals surface area contributed by atoms with E-state index in [0.29, 0.717) is 0 Å². The molecule has 106 valence electrons. The van der Waals surface area contributed by atoms with Gasteiger partial charge >= 0.3 is 0 Å². The van der Waals surface area contributed by atoms with E-state index in [0.717, 1.165) is 39.1 Å². The van der Waals surface area contributed by atoms with Crippen LogP contribution in [0, 0.1) is 0 Å². The topological polar surface area (TPSA) is 52.7 Å². The molecular weight excluding hydrogens is 238 g/mol. The highest BCUT2D eigenvalue weighted by Gasteiger charge is 2.14. The summed E-state index contributed by atoms with van der Waals surface area (Å²) in [5, 5.41) is 9.01. The molecule has 4 nitrogen and oxygen atoms in total. The third-order valence-corrected chi connectivity index (χ3v) is 3.79. The van der Waals surface area contributed by atoms with E-state index in [1.165, 1.54) is 11.3 Å². The molecule has 0 amide bonds. The monoisotopic (exact) mass is 263 g/mol. The molecule has 1 atom stereocenters.